The molecule has 0 spiro atoms. The lowest BCUT2D eigenvalue weighted by atomic mass is 10.2. The van der Waals surface area contributed by atoms with Gasteiger partial charge in [0.25, 0.3) is 0 Å². The van der Waals surface area contributed by atoms with Crippen LogP contribution in [0.25, 0.3) is 11.4 Å². The number of methoxy groups -OCH3 is 2. The number of benzene rings is 2. The van der Waals surface area contributed by atoms with Crippen molar-refractivity contribution in [2.24, 2.45) is 7.05 Å². The Balaban J connectivity index is 1.80. The first-order valence-electron chi connectivity index (χ1n) is 7.61. The summed E-state index contributed by atoms with van der Waals surface area (Å²) >= 11 is 5.11. The van der Waals surface area contributed by atoms with Crippen LogP contribution in [0, 0.1) is 0 Å². The maximum atomic E-state index is 5.37. The Morgan fingerprint density at radius 3 is 2.40 bits per heavy atom. The van der Waals surface area contributed by atoms with Crippen LogP contribution in [0.3, 0.4) is 0 Å². The Morgan fingerprint density at radius 2 is 1.72 bits per heavy atom. The molecule has 0 atom stereocenters. The van der Waals surface area contributed by atoms with E-state index in [0.29, 0.717) is 11.5 Å². The summed E-state index contributed by atoms with van der Waals surface area (Å²) in [6, 6.07) is 14.0. The van der Waals surface area contributed by atoms with Crippen molar-refractivity contribution in [2.45, 2.75) is 10.9 Å². The van der Waals surface area contributed by atoms with Crippen LogP contribution >= 0.6 is 27.7 Å². The molecule has 0 N–H and O–H groups in total. The standard InChI is InChI=1S/C18H18BrN3O2S/c1-22-17(13-6-9-15(23-2)16(10-13)24-3)20-21-18(22)25-11-12-4-7-14(19)8-5-12/h4-10H,11H2,1-3H3. The summed E-state index contributed by atoms with van der Waals surface area (Å²) in [7, 11) is 5.21. The Morgan fingerprint density at radius 1 is 1.00 bits per heavy atom. The number of rotatable bonds is 6. The van der Waals surface area contributed by atoms with Crippen molar-refractivity contribution in [1.82, 2.24) is 14.8 Å². The molecule has 0 saturated heterocycles. The van der Waals surface area contributed by atoms with Crippen molar-refractivity contribution in [3.63, 3.8) is 0 Å². The van der Waals surface area contributed by atoms with E-state index in [1.165, 1.54) is 5.56 Å². The minimum Gasteiger partial charge on any atom is -0.493 e. The van der Waals surface area contributed by atoms with E-state index in [1.54, 1.807) is 26.0 Å². The van der Waals surface area contributed by atoms with Gasteiger partial charge in [-0.2, -0.15) is 0 Å². The molecule has 0 saturated carbocycles. The number of aromatic nitrogens is 3. The number of ether oxygens (including phenoxy) is 2. The normalized spacial score (nSPS) is 10.7. The van der Waals surface area contributed by atoms with Gasteiger partial charge in [-0.05, 0) is 35.9 Å². The summed E-state index contributed by atoms with van der Waals surface area (Å²) in [5.74, 6) is 3.00. The zero-order valence-electron chi connectivity index (χ0n) is 14.2. The maximum absolute atomic E-state index is 5.37. The quantitative estimate of drug-likeness (QED) is 0.548. The van der Waals surface area contributed by atoms with Crippen LogP contribution < -0.4 is 9.47 Å². The molecule has 25 heavy (non-hydrogen) atoms. The molecule has 5 nitrogen and oxygen atoms in total. The smallest absolute Gasteiger partial charge is 0.191 e. The number of nitrogens with zero attached hydrogens (tertiary/aromatic N) is 3. The first-order chi connectivity index (χ1) is 12.1. The van der Waals surface area contributed by atoms with E-state index in [2.05, 4.69) is 38.3 Å². The average molecular weight is 420 g/mol. The number of hydrogen-bond acceptors (Lipinski definition) is 5. The van der Waals surface area contributed by atoms with Crippen molar-refractivity contribution in [1.29, 1.82) is 0 Å². The lowest BCUT2D eigenvalue weighted by molar-refractivity contribution is 0.355. The highest BCUT2D eigenvalue weighted by Gasteiger charge is 2.14. The molecule has 7 heteroatoms. The predicted octanol–water partition coefficient (Wildman–Crippen LogP) is 4.55. The van der Waals surface area contributed by atoms with E-state index in [9.17, 15) is 0 Å². The molecule has 0 fully saturated rings. The Bertz CT molecular complexity index is 865. The fraction of sp³-hybridized carbons (Fsp3) is 0.222. The SMILES string of the molecule is COc1ccc(-c2nnc(SCc3ccc(Br)cc3)n2C)cc1OC. The molecular formula is C18H18BrN3O2S. The molecule has 0 radical (unpaired) electrons. The first-order valence-corrected chi connectivity index (χ1v) is 9.39. The fourth-order valence-electron chi connectivity index (χ4n) is 2.40. The van der Waals surface area contributed by atoms with Gasteiger partial charge in [0.1, 0.15) is 0 Å². The summed E-state index contributed by atoms with van der Waals surface area (Å²) in [6.45, 7) is 0. The molecule has 0 amide bonds. The predicted molar refractivity (Wildman–Crippen MR) is 103 cm³/mol. The molecule has 3 aromatic rings. The maximum Gasteiger partial charge on any atom is 0.191 e. The number of hydrogen-bond donors (Lipinski definition) is 0. The molecule has 0 aliphatic rings. The van der Waals surface area contributed by atoms with Gasteiger partial charge in [-0.15, -0.1) is 10.2 Å². The third kappa shape index (κ3) is 3.99. The van der Waals surface area contributed by atoms with E-state index in [4.69, 9.17) is 9.47 Å². The Labute approximate surface area is 159 Å². The van der Waals surface area contributed by atoms with Crippen LogP contribution in [0.1, 0.15) is 5.56 Å². The number of thioether (sulfide) groups is 1. The molecule has 1 aromatic heterocycles. The van der Waals surface area contributed by atoms with Crippen molar-refractivity contribution >= 4 is 27.7 Å². The van der Waals surface area contributed by atoms with Gasteiger partial charge >= 0.3 is 0 Å². The Hall–Kier alpha value is -1.99. The third-order valence-electron chi connectivity index (χ3n) is 3.76. The summed E-state index contributed by atoms with van der Waals surface area (Å²) in [6.07, 6.45) is 0. The molecule has 0 bridgehead atoms. The van der Waals surface area contributed by atoms with E-state index in [0.717, 1.165) is 26.8 Å². The molecule has 0 unspecified atom stereocenters. The van der Waals surface area contributed by atoms with Crippen LogP contribution in [0.4, 0.5) is 0 Å². The second-order valence-corrected chi connectivity index (χ2v) is 7.21. The van der Waals surface area contributed by atoms with Crippen LogP contribution in [0.5, 0.6) is 11.5 Å². The highest BCUT2D eigenvalue weighted by Crippen LogP contribution is 2.32. The van der Waals surface area contributed by atoms with Crippen molar-refractivity contribution in [3.8, 4) is 22.9 Å². The highest BCUT2D eigenvalue weighted by atomic mass is 79.9. The molecule has 130 valence electrons. The summed E-state index contributed by atoms with van der Waals surface area (Å²) in [5.41, 5.74) is 2.17. The molecule has 0 aliphatic carbocycles. The van der Waals surface area contributed by atoms with Gasteiger partial charge in [0.05, 0.1) is 14.2 Å². The Kier molecular flexibility index (Phi) is 5.65. The largest absolute Gasteiger partial charge is 0.493 e. The summed E-state index contributed by atoms with van der Waals surface area (Å²) < 4.78 is 13.7. The second kappa shape index (κ2) is 7.93. The van der Waals surface area contributed by atoms with Crippen LogP contribution in [0.15, 0.2) is 52.1 Å². The zero-order valence-corrected chi connectivity index (χ0v) is 16.6. The van der Waals surface area contributed by atoms with Crippen LogP contribution in [-0.2, 0) is 12.8 Å². The molecule has 0 aliphatic heterocycles. The van der Waals surface area contributed by atoms with E-state index in [1.807, 2.05) is 41.9 Å². The second-order valence-electron chi connectivity index (χ2n) is 5.35. The summed E-state index contributed by atoms with van der Waals surface area (Å²) in [4.78, 5) is 0. The van der Waals surface area contributed by atoms with Gasteiger partial charge in [0.2, 0.25) is 0 Å². The van der Waals surface area contributed by atoms with Gasteiger partial charge < -0.3 is 14.0 Å². The molecular weight excluding hydrogens is 402 g/mol. The monoisotopic (exact) mass is 419 g/mol. The lowest BCUT2D eigenvalue weighted by Gasteiger charge is -2.09. The van der Waals surface area contributed by atoms with Crippen molar-refractivity contribution in [3.05, 3.63) is 52.5 Å². The first kappa shape index (κ1) is 17.8. The van der Waals surface area contributed by atoms with Gasteiger partial charge in [-0.25, -0.2) is 0 Å². The number of halogens is 1. The fourth-order valence-corrected chi connectivity index (χ4v) is 3.53. The highest BCUT2D eigenvalue weighted by molar-refractivity contribution is 9.10. The molecule has 1 heterocycles. The van der Waals surface area contributed by atoms with Crippen LogP contribution in [-0.4, -0.2) is 29.0 Å². The molecule has 3 rings (SSSR count). The third-order valence-corrected chi connectivity index (χ3v) is 5.38. The van der Waals surface area contributed by atoms with Crippen molar-refractivity contribution < 1.29 is 9.47 Å². The minimum absolute atomic E-state index is 0.673. The van der Waals surface area contributed by atoms with Gasteiger partial charge in [-0.1, -0.05) is 39.8 Å². The van der Waals surface area contributed by atoms with Gasteiger partial charge in [-0.3, -0.25) is 0 Å². The lowest BCUT2D eigenvalue weighted by Crippen LogP contribution is -1.96. The summed E-state index contributed by atoms with van der Waals surface area (Å²) in [5, 5.41) is 9.52. The topological polar surface area (TPSA) is 49.2 Å². The molecule has 2 aromatic carbocycles. The van der Waals surface area contributed by atoms with Gasteiger partial charge in [0.15, 0.2) is 22.5 Å². The zero-order chi connectivity index (χ0) is 17.8. The van der Waals surface area contributed by atoms with E-state index >= 15 is 0 Å². The van der Waals surface area contributed by atoms with E-state index < -0.39 is 0 Å². The average Bonchev–Trinajstić information content (AvgIpc) is 3.01. The van der Waals surface area contributed by atoms with Gasteiger partial charge in [0, 0.05) is 22.8 Å². The van der Waals surface area contributed by atoms with Crippen LogP contribution in [0.2, 0.25) is 0 Å². The van der Waals surface area contributed by atoms with E-state index in [-0.39, 0.29) is 0 Å². The van der Waals surface area contributed by atoms with Crippen molar-refractivity contribution in [2.75, 3.05) is 14.2 Å². The minimum atomic E-state index is 0.673.